The van der Waals surface area contributed by atoms with Gasteiger partial charge in [0.1, 0.15) is 0 Å². The Morgan fingerprint density at radius 3 is 2.96 bits per heavy atom. The normalized spacial score (nSPS) is 25.7. The van der Waals surface area contributed by atoms with E-state index in [9.17, 15) is 4.79 Å². The predicted molar refractivity (Wildman–Crippen MR) is 95.9 cm³/mol. The zero-order chi connectivity index (χ0) is 16.4. The molecule has 0 N–H and O–H groups in total. The highest BCUT2D eigenvalue weighted by molar-refractivity contribution is 7.10. The molecule has 1 amide bonds. The molecule has 0 radical (unpaired) electrons. The molecule has 2 atom stereocenters. The van der Waals surface area contributed by atoms with E-state index < -0.39 is 0 Å². The highest BCUT2D eigenvalue weighted by Gasteiger charge is 2.32. The summed E-state index contributed by atoms with van der Waals surface area (Å²) in [7, 11) is 4.29. The van der Waals surface area contributed by atoms with Gasteiger partial charge in [-0.2, -0.15) is 0 Å². The van der Waals surface area contributed by atoms with E-state index in [2.05, 4.69) is 47.2 Å². The van der Waals surface area contributed by atoms with Crippen molar-refractivity contribution in [2.75, 3.05) is 40.3 Å². The van der Waals surface area contributed by atoms with Crippen LogP contribution in [0, 0.1) is 0 Å². The Morgan fingerprint density at radius 1 is 1.39 bits per heavy atom. The first-order valence-corrected chi connectivity index (χ1v) is 9.72. The van der Waals surface area contributed by atoms with Crippen LogP contribution in [0.1, 0.15) is 42.7 Å². The van der Waals surface area contributed by atoms with E-state index >= 15 is 0 Å². The first kappa shape index (κ1) is 16.9. The van der Waals surface area contributed by atoms with Gasteiger partial charge in [-0.1, -0.05) is 6.92 Å². The van der Waals surface area contributed by atoms with Crippen molar-refractivity contribution in [1.82, 2.24) is 14.7 Å². The Labute approximate surface area is 144 Å². The van der Waals surface area contributed by atoms with Crippen LogP contribution in [0.25, 0.3) is 0 Å². The van der Waals surface area contributed by atoms with Crippen molar-refractivity contribution >= 4 is 17.2 Å². The van der Waals surface area contributed by atoms with Gasteiger partial charge in [-0.05, 0) is 63.3 Å². The van der Waals surface area contributed by atoms with Crippen LogP contribution in [0.3, 0.4) is 0 Å². The fourth-order valence-electron chi connectivity index (χ4n) is 4.01. The number of fused-ring (bicyclic) bond motifs is 1. The Kier molecular flexibility index (Phi) is 5.39. The number of hydrogen-bond acceptors (Lipinski definition) is 4. The van der Waals surface area contributed by atoms with Crippen LogP contribution in [0.15, 0.2) is 11.4 Å². The summed E-state index contributed by atoms with van der Waals surface area (Å²) in [5.74, 6) is 0.313. The molecule has 0 aromatic carbocycles. The molecule has 23 heavy (non-hydrogen) atoms. The summed E-state index contributed by atoms with van der Waals surface area (Å²) in [6, 6.07) is 3.09. The molecule has 128 valence electrons. The number of likely N-dealkylation sites (N-methyl/N-ethyl adjacent to an activating group) is 1. The van der Waals surface area contributed by atoms with Crippen LogP contribution in [0.5, 0.6) is 0 Å². The van der Waals surface area contributed by atoms with Gasteiger partial charge in [0.2, 0.25) is 5.91 Å². The molecule has 0 bridgehead atoms. The van der Waals surface area contributed by atoms with Crippen LogP contribution in [-0.2, 0) is 11.2 Å². The molecule has 1 aromatic rings. The van der Waals surface area contributed by atoms with Gasteiger partial charge >= 0.3 is 0 Å². The highest BCUT2D eigenvalue weighted by atomic mass is 32.1. The average molecular weight is 336 g/mol. The molecule has 5 heteroatoms. The van der Waals surface area contributed by atoms with Crippen molar-refractivity contribution in [2.24, 2.45) is 0 Å². The third-order valence-electron chi connectivity index (χ3n) is 5.37. The summed E-state index contributed by atoms with van der Waals surface area (Å²) in [5, 5.41) is 2.17. The van der Waals surface area contributed by atoms with Crippen LogP contribution in [0.4, 0.5) is 0 Å². The Balaban J connectivity index is 1.64. The van der Waals surface area contributed by atoms with Crippen molar-refractivity contribution in [1.29, 1.82) is 0 Å². The molecule has 0 aliphatic carbocycles. The monoisotopic (exact) mass is 335 g/mol. The molecule has 1 fully saturated rings. The van der Waals surface area contributed by atoms with Crippen molar-refractivity contribution in [2.45, 2.75) is 44.7 Å². The zero-order valence-corrected chi connectivity index (χ0v) is 15.4. The SMILES string of the molecule is CCC1c2ccsc2CCN1C(=O)CN1CCCC(N(C)C)C1. The summed E-state index contributed by atoms with van der Waals surface area (Å²) < 4.78 is 0. The fourth-order valence-corrected chi connectivity index (χ4v) is 4.94. The standard InChI is InChI=1S/C18H29N3OS/c1-4-16-15-8-11-23-17(15)7-10-21(16)18(22)13-20-9-5-6-14(12-20)19(2)3/h8,11,14,16H,4-7,9-10,12-13H2,1-3H3. The molecule has 1 saturated heterocycles. The number of carbonyl (C=O) groups excluding carboxylic acids is 1. The van der Waals surface area contributed by atoms with Gasteiger partial charge in [0.15, 0.2) is 0 Å². The van der Waals surface area contributed by atoms with E-state index in [1.165, 1.54) is 23.3 Å². The van der Waals surface area contributed by atoms with E-state index in [1.807, 2.05) is 11.3 Å². The maximum atomic E-state index is 12.9. The maximum absolute atomic E-state index is 12.9. The van der Waals surface area contributed by atoms with Crippen molar-refractivity contribution < 1.29 is 4.79 Å². The van der Waals surface area contributed by atoms with Crippen LogP contribution in [0.2, 0.25) is 0 Å². The second-order valence-corrected chi connectivity index (χ2v) is 8.06. The minimum absolute atomic E-state index is 0.284. The van der Waals surface area contributed by atoms with Gasteiger partial charge in [0.05, 0.1) is 12.6 Å². The number of hydrogen-bond donors (Lipinski definition) is 0. The quantitative estimate of drug-likeness (QED) is 0.846. The number of nitrogens with zero attached hydrogens (tertiary/aromatic N) is 3. The first-order valence-electron chi connectivity index (χ1n) is 8.84. The second kappa shape index (κ2) is 7.32. The lowest BCUT2D eigenvalue weighted by molar-refractivity contribution is -0.136. The molecular formula is C18H29N3OS. The predicted octanol–water partition coefficient (Wildman–Crippen LogP) is 2.61. The van der Waals surface area contributed by atoms with Crippen molar-refractivity contribution in [3.63, 3.8) is 0 Å². The maximum Gasteiger partial charge on any atom is 0.237 e. The average Bonchev–Trinajstić information content (AvgIpc) is 3.02. The summed E-state index contributed by atoms with van der Waals surface area (Å²) in [6.45, 7) is 5.74. The summed E-state index contributed by atoms with van der Waals surface area (Å²) in [4.78, 5) is 21.2. The first-order chi connectivity index (χ1) is 11.1. The van der Waals surface area contributed by atoms with Gasteiger partial charge in [-0.15, -0.1) is 11.3 Å². The molecule has 3 heterocycles. The molecule has 2 aliphatic heterocycles. The number of likely N-dealkylation sites (tertiary alicyclic amines) is 1. The summed E-state index contributed by atoms with van der Waals surface area (Å²) in [6.07, 6.45) is 4.48. The molecule has 2 aliphatic rings. The molecular weight excluding hydrogens is 306 g/mol. The number of rotatable bonds is 4. The molecule has 4 nitrogen and oxygen atoms in total. The zero-order valence-electron chi connectivity index (χ0n) is 14.6. The Hall–Kier alpha value is -0.910. The molecule has 1 aromatic heterocycles. The lowest BCUT2D eigenvalue weighted by atomic mass is 9.97. The van der Waals surface area contributed by atoms with Crippen LogP contribution < -0.4 is 0 Å². The minimum atomic E-state index is 0.284. The van der Waals surface area contributed by atoms with Gasteiger partial charge in [0, 0.05) is 24.0 Å². The molecule has 0 spiro atoms. The molecule has 0 saturated carbocycles. The lowest BCUT2D eigenvalue weighted by Gasteiger charge is -2.39. The smallest absolute Gasteiger partial charge is 0.237 e. The number of piperidine rings is 1. The van der Waals surface area contributed by atoms with Crippen molar-refractivity contribution in [3.05, 3.63) is 21.9 Å². The third kappa shape index (κ3) is 3.62. The van der Waals surface area contributed by atoms with E-state index in [1.54, 1.807) is 0 Å². The Bertz CT molecular complexity index is 542. The van der Waals surface area contributed by atoms with E-state index in [4.69, 9.17) is 0 Å². The summed E-state index contributed by atoms with van der Waals surface area (Å²) in [5.41, 5.74) is 1.39. The van der Waals surface area contributed by atoms with E-state index in [0.29, 0.717) is 18.5 Å². The summed E-state index contributed by atoms with van der Waals surface area (Å²) >= 11 is 1.84. The fraction of sp³-hybridized carbons (Fsp3) is 0.722. The van der Waals surface area contributed by atoms with Gasteiger partial charge in [0.25, 0.3) is 0 Å². The number of carbonyl (C=O) groups is 1. The topological polar surface area (TPSA) is 26.8 Å². The minimum Gasteiger partial charge on any atom is -0.334 e. The number of thiophene rings is 1. The third-order valence-corrected chi connectivity index (χ3v) is 6.37. The van der Waals surface area contributed by atoms with Gasteiger partial charge in [-0.25, -0.2) is 0 Å². The van der Waals surface area contributed by atoms with Crippen LogP contribution in [-0.4, -0.2) is 66.9 Å². The highest BCUT2D eigenvalue weighted by Crippen LogP contribution is 2.35. The number of amides is 1. The Morgan fingerprint density at radius 2 is 2.22 bits per heavy atom. The van der Waals surface area contributed by atoms with Gasteiger partial charge in [-0.3, -0.25) is 9.69 Å². The molecule has 2 unspecified atom stereocenters. The van der Waals surface area contributed by atoms with Crippen LogP contribution >= 0.6 is 11.3 Å². The second-order valence-electron chi connectivity index (χ2n) is 7.06. The largest absolute Gasteiger partial charge is 0.334 e. The van der Waals surface area contributed by atoms with E-state index in [0.717, 1.165) is 32.5 Å². The van der Waals surface area contributed by atoms with E-state index in [-0.39, 0.29) is 6.04 Å². The van der Waals surface area contributed by atoms with Gasteiger partial charge < -0.3 is 9.80 Å². The van der Waals surface area contributed by atoms with Crippen molar-refractivity contribution in [3.8, 4) is 0 Å². The lowest BCUT2D eigenvalue weighted by Crippen LogP contribution is -2.50. The molecule has 3 rings (SSSR count).